The molecule has 2 aromatic rings. The number of hydrogen-bond acceptors (Lipinski definition) is 5. The van der Waals surface area contributed by atoms with E-state index >= 15 is 0 Å². The van der Waals surface area contributed by atoms with Gasteiger partial charge in [-0.3, -0.25) is 9.48 Å². The molecular formula is C21H28N4O4. The number of aromatic nitrogens is 2. The molecule has 0 aliphatic carbocycles. The third-order valence-electron chi connectivity index (χ3n) is 4.94. The summed E-state index contributed by atoms with van der Waals surface area (Å²) in [7, 11) is 3.52. The number of rotatable bonds is 3. The summed E-state index contributed by atoms with van der Waals surface area (Å²) in [6.07, 6.45) is 3.78. The average molecular weight is 400 g/mol. The number of phenols is 1. The standard InChI is InChI=1S/C21H28N4O4/c1-21(2,3)29-20(28)25-9-8-16(13-25)24(5)19(27)14-6-7-17(18(26)10-14)15-11-22-23(4)12-15/h6-7,10-12,16,26H,8-9,13H2,1-5H3. The van der Waals surface area contributed by atoms with Crippen LogP contribution in [0.4, 0.5) is 4.79 Å². The number of hydrogen-bond donors (Lipinski definition) is 1. The third-order valence-corrected chi connectivity index (χ3v) is 4.94. The van der Waals surface area contributed by atoms with Gasteiger partial charge in [-0.05, 0) is 45.4 Å². The zero-order valence-electron chi connectivity index (χ0n) is 17.5. The second-order valence-electron chi connectivity index (χ2n) is 8.42. The lowest BCUT2D eigenvalue weighted by Crippen LogP contribution is -2.41. The molecule has 1 unspecified atom stereocenters. The van der Waals surface area contributed by atoms with Crippen molar-refractivity contribution in [3.63, 3.8) is 0 Å². The fraction of sp³-hybridized carbons (Fsp3) is 0.476. The van der Waals surface area contributed by atoms with Crippen molar-refractivity contribution < 1.29 is 19.4 Å². The highest BCUT2D eigenvalue weighted by Crippen LogP contribution is 2.30. The van der Waals surface area contributed by atoms with Crippen molar-refractivity contribution in [2.24, 2.45) is 7.05 Å². The molecule has 1 aromatic carbocycles. The van der Waals surface area contributed by atoms with Crippen LogP contribution in [-0.2, 0) is 11.8 Å². The van der Waals surface area contributed by atoms with Crippen molar-refractivity contribution in [2.75, 3.05) is 20.1 Å². The topological polar surface area (TPSA) is 87.9 Å². The number of amides is 2. The van der Waals surface area contributed by atoms with Crippen LogP contribution in [0.5, 0.6) is 5.75 Å². The Labute approximate surface area is 170 Å². The van der Waals surface area contributed by atoms with Gasteiger partial charge in [-0.2, -0.15) is 5.10 Å². The van der Waals surface area contributed by atoms with Crippen molar-refractivity contribution >= 4 is 12.0 Å². The van der Waals surface area contributed by atoms with Gasteiger partial charge < -0.3 is 19.6 Å². The van der Waals surface area contributed by atoms with Crippen LogP contribution < -0.4 is 0 Å². The van der Waals surface area contributed by atoms with Crippen LogP contribution in [0.2, 0.25) is 0 Å². The molecule has 2 amide bonds. The Morgan fingerprint density at radius 1 is 1.31 bits per heavy atom. The van der Waals surface area contributed by atoms with Crippen LogP contribution in [0, 0.1) is 0 Å². The van der Waals surface area contributed by atoms with E-state index in [-0.39, 0.29) is 23.8 Å². The predicted molar refractivity (Wildman–Crippen MR) is 109 cm³/mol. The lowest BCUT2D eigenvalue weighted by molar-refractivity contribution is 0.0279. The highest BCUT2D eigenvalue weighted by molar-refractivity contribution is 5.95. The van der Waals surface area contributed by atoms with E-state index < -0.39 is 5.60 Å². The van der Waals surface area contributed by atoms with E-state index in [2.05, 4.69) is 5.10 Å². The maximum atomic E-state index is 12.9. The highest BCUT2D eigenvalue weighted by atomic mass is 16.6. The van der Waals surface area contributed by atoms with Crippen molar-refractivity contribution in [1.82, 2.24) is 19.6 Å². The van der Waals surface area contributed by atoms with E-state index in [1.165, 1.54) is 6.07 Å². The number of nitrogens with zero attached hydrogens (tertiary/aromatic N) is 4. The average Bonchev–Trinajstić information content (AvgIpc) is 3.28. The molecule has 8 nitrogen and oxygen atoms in total. The maximum Gasteiger partial charge on any atom is 0.410 e. The molecule has 1 fully saturated rings. The first-order valence-electron chi connectivity index (χ1n) is 9.62. The van der Waals surface area contributed by atoms with Gasteiger partial charge in [0.05, 0.1) is 12.2 Å². The molecule has 2 heterocycles. The molecule has 156 valence electrons. The molecule has 0 spiro atoms. The summed E-state index contributed by atoms with van der Waals surface area (Å²) in [4.78, 5) is 28.4. The third kappa shape index (κ3) is 4.70. The summed E-state index contributed by atoms with van der Waals surface area (Å²) >= 11 is 0. The number of likely N-dealkylation sites (tertiary alicyclic amines) is 1. The number of carbonyl (C=O) groups excluding carboxylic acids is 2. The number of aryl methyl sites for hydroxylation is 1. The Hall–Kier alpha value is -3.03. The Kier molecular flexibility index (Phi) is 5.55. The monoisotopic (exact) mass is 400 g/mol. The molecule has 1 aliphatic heterocycles. The second kappa shape index (κ2) is 7.77. The Morgan fingerprint density at radius 3 is 2.62 bits per heavy atom. The summed E-state index contributed by atoms with van der Waals surface area (Å²) in [5.74, 6) is -0.173. The minimum atomic E-state index is -0.551. The van der Waals surface area contributed by atoms with Crippen LogP contribution in [0.15, 0.2) is 30.6 Å². The lowest BCUT2D eigenvalue weighted by atomic mass is 10.0. The van der Waals surface area contributed by atoms with Gasteiger partial charge in [-0.1, -0.05) is 0 Å². The van der Waals surface area contributed by atoms with Crippen LogP contribution in [0.3, 0.4) is 0 Å². The molecule has 1 aliphatic rings. The van der Waals surface area contributed by atoms with Gasteiger partial charge in [-0.25, -0.2) is 4.79 Å². The summed E-state index contributed by atoms with van der Waals surface area (Å²) in [6.45, 7) is 6.46. The summed E-state index contributed by atoms with van der Waals surface area (Å²) in [5, 5.41) is 14.5. The normalized spacial score (nSPS) is 16.7. The molecule has 3 rings (SSSR count). The number of aromatic hydroxyl groups is 1. The van der Waals surface area contributed by atoms with E-state index in [1.807, 2.05) is 20.8 Å². The van der Waals surface area contributed by atoms with Gasteiger partial charge in [0.25, 0.3) is 5.91 Å². The summed E-state index contributed by atoms with van der Waals surface area (Å²) in [6, 6.07) is 4.79. The van der Waals surface area contributed by atoms with Gasteiger partial charge in [-0.15, -0.1) is 0 Å². The number of carbonyl (C=O) groups is 2. The number of likely N-dealkylation sites (N-methyl/N-ethyl adjacent to an activating group) is 1. The zero-order chi connectivity index (χ0) is 21.3. The molecule has 0 radical (unpaired) electrons. The molecule has 0 bridgehead atoms. The quantitative estimate of drug-likeness (QED) is 0.856. The second-order valence-corrected chi connectivity index (χ2v) is 8.42. The van der Waals surface area contributed by atoms with E-state index in [9.17, 15) is 14.7 Å². The minimum absolute atomic E-state index is 0.0269. The molecule has 1 saturated heterocycles. The fourth-order valence-electron chi connectivity index (χ4n) is 3.39. The lowest BCUT2D eigenvalue weighted by Gasteiger charge is -2.27. The van der Waals surface area contributed by atoms with Crippen LogP contribution >= 0.6 is 0 Å². The largest absolute Gasteiger partial charge is 0.507 e. The molecular weight excluding hydrogens is 372 g/mol. The van der Waals surface area contributed by atoms with E-state index in [1.54, 1.807) is 53.1 Å². The van der Waals surface area contributed by atoms with Crippen molar-refractivity contribution in [2.45, 2.75) is 38.8 Å². The van der Waals surface area contributed by atoms with Crippen molar-refractivity contribution in [1.29, 1.82) is 0 Å². The Balaban J connectivity index is 1.67. The maximum absolute atomic E-state index is 12.9. The number of phenolic OH excluding ortho intramolecular Hbond substituents is 1. The first kappa shape index (κ1) is 20.7. The molecule has 1 aromatic heterocycles. The van der Waals surface area contributed by atoms with Crippen molar-refractivity contribution in [3.8, 4) is 16.9 Å². The number of benzene rings is 1. The minimum Gasteiger partial charge on any atom is -0.507 e. The first-order valence-corrected chi connectivity index (χ1v) is 9.62. The molecule has 29 heavy (non-hydrogen) atoms. The fourth-order valence-corrected chi connectivity index (χ4v) is 3.39. The van der Waals surface area contributed by atoms with Gasteiger partial charge in [0.2, 0.25) is 0 Å². The van der Waals surface area contributed by atoms with Gasteiger partial charge in [0.15, 0.2) is 0 Å². The van der Waals surface area contributed by atoms with Gasteiger partial charge in [0.1, 0.15) is 11.4 Å². The zero-order valence-corrected chi connectivity index (χ0v) is 17.5. The molecule has 1 atom stereocenters. The predicted octanol–water partition coefficient (Wildman–Crippen LogP) is 2.87. The summed E-state index contributed by atoms with van der Waals surface area (Å²) < 4.78 is 7.06. The van der Waals surface area contributed by atoms with Crippen LogP contribution in [0.25, 0.3) is 11.1 Å². The first-order chi connectivity index (χ1) is 13.5. The Bertz CT molecular complexity index is 916. The van der Waals surface area contributed by atoms with E-state index in [0.717, 1.165) is 5.56 Å². The van der Waals surface area contributed by atoms with Gasteiger partial charge in [0, 0.05) is 50.1 Å². The highest BCUT2D eigenvalue weighted by Gasteiger charge is 2.33. The van der Waals surface area contributed by atoms with Gasteiger partial charge >= 0.3 is 6.09 Å². The number of ether oxygens (including phenoxy) is 1. The van der Waals surface area contributed by atoms with E-state index in [0.29, 0.717) is 30.6 Å². The molecule has 8 heteroatoms. The molecule has 1 N–H and O–H groups in total. The molecule has 0 saturated carbocycles. The van der Waals surface area contributed by atoms with Crippen LogP contribution in [-0.4, -0.2) is 68.5 Å². The SMILES string of the molecule is CN(C(=O)c1ccc(-c2cnn(C)c2)c(O)c1)C1CCN(C(=O)OC(C)(C)C)C1. The summed E-state index contributed by atoms with van der Waals surface area (Å²) in [5.41, 5.74) is 1.24. The Morgan fingerprint density at radius 2 is 2.03 bits per heavy atom. The smallest absolute Gasteiger partial charge is 0.410 e. The van der Waals surface area contributed by atoms with Crippen LogP contribution in [0.1, 0.15) is 37.6 Å². The van der Waals surface area contributed by atoms with Crippen molar-refractivity contribution in [3.05, 3.63) is 36.2 Å². The van der Waals surface area contributed by atoms with E-state index in [4.69, 9.17) is 4.74 Å².